The lowest BCUT2D eigenvalue weighted by atomic mass is 9.90. The first kappa shape index (κ1) is 20.6. The zero-order valence-electron chi connectivity index (χ0n) is 18.1. The predicted molar refractivity (Wildman–Crippen MR) is 131 cm³/mol. The van der Waals surface area contributed by atoms with Crippen molar-refractivity contribution in [2.45, 2.75) is 13.5 Å². The monoisotopic (exact) mass is 434 g/mol. The minimum atomic E-state index is -0.625. The molecule has 0 aromatic heterocycles. The number of aromatic hydroxyl groups is 2. The van der Waals surface area contributed by atoms with Crippen molar-refractivity contribution >= 4 is 27.5 Å². The van der Waals surface area contributed by atoms with Gasteiger partial charge in [0.05, 0.1) is 0 Å². The fourth-order valence-electron chi connectivity index (χ4n) is 4.18. The number of phenols is 2. The number of benzene rings is 5. The second-order valence-corrected chi connectivity index (χ2v) is 8.11. The molecule has 0 aliphatic rings. The molecule has 2 N–H and O–H groups in total. The summed E-state index contributed by atoms with van der Waals surface area (Å²) in [6.45, 7) is 2.09. The molecule has 0 saturated heterocycles. The zero-order valence-corrected chi connectivity index (χ0v) is 18.1. The van der Waals surface area contributed by atoms with Gasteiger partial charge in [-0.1, -0.05) is 84.4 Å². The zero-order chi connectivity index (χ0) is 22.9. The summed E-state index contributed by atoms with van der Waals surface area (Å²) in [4.78, 5) is 13.0. The number of carbonyl (C=O) groups excluding carboxylic acids is 1. The van der Waals surface area contributed by atoms with Crippen LogP contribution in [-0.4, -0.2) is 16.2 Å². The second-order valence-electron chi connectivity index (χ2n) is 8.11. The largest absolute Gasteiger partial charge is 0.507 e. The lowest BCUT2D eigenvalue weighted by molar-refractivity contribution is 0.0469. The van der Waals surface area contributed by atoms with Crippen molar-refractivity contribution in [1.29, 1.82) is 0 Å². The highest BCUT2D eigenvalue weighted by molar-refractivity contribution is 6.13. The predicted octanol–water partition coefficient (Wildman–Crippen LogP) is 6.74. The number of hydrogen-bond donors (Lipinski definition) is 2. The SMILES string of the molecule is Cc1ccc(COC(=O)c2cc3ccccc3c(-c3c(O)ccc4ccccc34)c2O)cc1. The van der Waals surface area contributed by atoms with Gasteiger partial charge in [-0.2, -0.15) is 0 Å². The third-order valence-electron chi connectivity index (χ3n) is 5.89. The number of esters is 1. The highest BCUT2D eigenvalue weighted by Crippen LogP contribution is 2.46. The van der Waals surface area contributed by atoms with Crippen molar-refractivity contribution in [2.24, 2.45) is 0 Å². The van der Waals surface area contributed by atoms with Gasteiger partial charge in [0.15, 0.2) is 0 Å². The van der Waals surface area contributed by atoms with Crippen molar-refractivity contribution < 1.29 is 19.7 Å². The van der Waals surface area contributed by atoms with Crippen LogP contribution in [0.5, 0.6) is 11.5 Å². The third kappa shape index (κ3) is 3.76. The highest BCUT2D eigenvalue weighted by Gasteiger charge is 2.23. The Bertz CT molecular complexity index is 1500. The van der Waals surface area contributed by atoms with Crippen LogP contribution in [-0.2, 0) is 11.3 Å². The molecular weight excluding hydrogens is 412 g/mol. The van der Waals surface area contributed by atoms with E-state index < -0.39 is 5.97 Å². The lowest BCUT2D eigenvalue weighted by Gasteiger charge is -2.16. The van der Waals surface area contributed by atoms with Gasteiger partial charge in [0.1, 0.15) is 23.7 Å². The molecule has 162 valence electrons. The molecule has 0 amide bonds. The smallest absolute Gasteiger partial charge is 0.342 e. The number of ether oxygens (including phenoxy) is 1. The maximum absolute atomic E-state index is 13.0. The Morgan fingerprint density at radius 3 is 2.12 bits per heavy atom. The van der Waals surface area contributed by atoms with Crippen LogP contribution in [0, 0.1) is 6.92 Å². The molecular formula is C29H22O4. The van der Waals surface area contributed by atoms with Gasteiger partial charge in [0, 0.05) is 11.1 Å². The number of rotatable bonds is 4. The molecule has 0 fully saturated rings. The van der Waals surface area contributed by atoms with Crippen LogP contribution in [0.15, 0.2) is 91.0 Å². The van der Waals surface area contributed by atoms with Gasteiger partial charge >= 0.3 is 5.97 Å². The summed E-state index contributed by atoms with van der Waals surface area (Å²) in [6, 6.07) is 27.9. The number of fused-ring (bicyclic) bond motifs is 2. The van der Waals surface area contributed by atoms with E-state index in [9.17, 15) is 15.0 Å². The first-order chi connectivity index (χ1) is 16.0. The Kier molecular flexibility index (Phi) is 5.19. The maximum Gasteiger partial charge on any atom is 0.342 e. The van der Waals surface area contributed by atoms with E-state index in [1.54, 1.807) is 12.1 Å². The van der Waals surface area contributed by atoms with Crippen molar-refractivity contribution in [3.05, 3.63) is 108 Å². The van der Waals surface area contributed by atoms with E-state index in [1.165, 1.54) is 0 Å². The van der Waals surface area contributed by atoms with E-state index in [4.69, 9.17) is 4.74 Å². The van der Waals surface area contributed by atoms with Crippen LogP contribution < -0.4 is 0 Å². The standard InChI is InChI=1S/C29H22O4/c1-18-10-12-19(13-11-18)17-33-29(32)24-16-21-7-3-5-9-23(21)27(28(24)31)26-22-8-4-2-6-20(22)14-15-25(26)30/h2-16,30-31H,17H2,1H3. The molecule has 0 aliphatic heterocycles. The van der Waals surface area contributed by atoms with Gasteiger partial charge in [-0.15, -0.1) is 0 Å². The van der Waals surface area contributed by atoms with E-state index >= 15 is 0 Å². The Morgan fingerprint density at radius 1 is 0.758 bits per heavy atom. The van der Waals surface area contributed by atoms with Crippen molar-refractivity contribution in [1.82, 2.24) is 0 Å². The van der Waals surface area contributed by atoms with Gasteiger partial charge in [-0.05, 0) is 46.2 Å². The van der Waals surface area contributed by atoms with Crippen LogP contribution in [0.2, 0.25) is 0 Å². The molecule has 0 unspecified atom stereocenters. The number of carbonyl (C=O) groups is 1. The van der Waals surface area contributed by atoms with Crippen molar-refractivity contribution in [2.75, 3.05) is 0 Å². The topological polar surface area (TPSA) is 66.8 Å². The van der Waals surface area contributed by atoms with E-state index in [-0.39, 0.29) is 23.7 Å². The molecule has 0 saturated carbocycles. The fraction of sp³-hybridized carbons (Fsp3) is 0.0690. The lowest BCUT2D eigenvalue weighted by Crippen LogP contribution is -2.06. The van der Waals surface area contributed by atoms with Crippen LogP contribution in [0.4, 0.5) is 0 Å². The summed E-state index contributed by atoms with van der Waals surface area (Å²) in [6.07, 6.45) is 0. The Labute approximate surface area is 191 Å². The molecule has 4 nitrogen and oxygen atoms in total. The normalized spacial score (nSPS) is 11.1. The van der Waals surface area contributed by atoms with E-state index in [0.717, 1.165) is 32.7 Å². The minimum Gasteiger partial charge on any atom is -0.507 e. The molecule has 33 heavy (non-hydrogen) atoms. The van der Waals surface area contributed by atoms with Crippen molar-refractivity contribution in [3.8, 4) is 22.6 Å². The fourth-order valence-corrected chi connectivity index (χ4v) is 4.18. The van der Waals surface area contributed by atoms with Gasteiger partial charge in [-0.25, -0.2) is 4.79 Å². The first-order valence-corrected chi connectivity index (χ1v) is 10.7. The van der Waals surface area contributed by atoms with E-state index in [2.05, 4.69) is 0 Å². The van der Waals surface area contributed by atoms with E-state index in [1.807, 2.05) is 85.8 Å². The summed E-state index contributed by atoms with van der Waals surface area (Å²) in [5.74, 6) is -0.812. The van der Waals surface area contributed by atoms with Gasteiger partial charge in [-0.3, -0.25) is 0 Å². The van der Waals surface area contributed by atoms with Crippen LogP contribution in [0.3, 0.4) is 0 Å². The molecule has 0 radical (unpaired) electrons. The van der Waals surface area contributed by atoms with Crippen molar-refractivity contribution in [3.63, 3.8) is 0 Å². The maximum atomic E-state index is 13.0. The Hall–Kier alpha value is -4.31. The molecule has 0 spiro atoms. The molecule has 0 atom stereocenters. The summed E-state index contributed by atoms with van der Waals surface area (Å²) >= 11 is 0. The van der Waals surface area contributed by atoms with Gasteiger partial charge in [0.25, 0.3) is 0 Å². The molecule has 5 rings (SSSR count). The Morgan fingerprint density at radius 2 is 1.39 bits per heavy atom. The first-order valence-electron chi connectivity index (χ1n) is 10.7. The van der Waals surface area contributed by atoms with Crippen LogP contribution in [0.1, 0.15) is 21.5 Å². The molecule has 0 heterocycles. The molecule has 0 bridgehead atoms. The van der Waals surface area contributed by atoms with Gasteiger partial charge < -0.3 is 14.9 Å². The van der Waals surface area contributed by atoms with Crippen LogP contribution in [0.25, 0.3) is 32.7 Å². The quantitative estimate of drug-likeness (QED) is 0.308. The molecule has 5 aromatic rings. The minimum absolute atomic E-state index is 0.0272. The molecule has 0 aliphatic carbocycles. The van der Waals surface area contributed by atoms with Gasteiger partial charge in [0.2, 0.25) is 0 Å². The third-order valence-corrected chi connectivity index (χ3v) is 5.89. The Balaban J connectivity index is 1.66. The second kappa shape index (κ2) is 8.32. The highest BCUT2D eigenvalue weighted by atomic mass is 16.5. The summed E-state index contributed by atoms with van der Waals surface area (Å²) in [5.41, 5.74) is 2.93. The molecule has 4 heteroatoms. The number of aryl methyl sites for hydroxylation is 1. The summed E-state index contributed by atoms with van der Waals surface area (Å²) < 4.78 is 5.53. The van der Waals surface area contributed by atoms with E-state index in [0.29, 0.717) is 11.1 Å². The summed E-state index contributed by atoms with van der Waals surface area (Å²) in [7, 11) is 0. The average Bonchev–Trinajstić information content (AvgIpc) is 2.84. The number of phenolic OH excluding ortho intramolecular Hbond substituents is 2. The van der Waals surface area contributed by atoms with Crippen LogP contribution >= 0.6 is 0 Å². The summed E-state index contributed by atoms with van der Waals surface area (Å²) in [5, 5.41) is 25.3. The average molecular weight is 434 g/mol. The molecule has 5 aromatic carbocycles. The number of hydrogen-bond acceptors (Lipinski definition) is 4.